The van der Waals surface area contributed by atoms with Gasteiger partial charge in [0.15, 0.2) is 74.3 Å². The van der Waals surface area contributed by atoms with Gasteiger partial charge in [0.25, 0.3) is 0 Å². The van der Waals surface area contributed by atoms with Gasteiger partial charge >= 0.3 is 17.9 Å². The van der Waals surface area contributed by atoms with E-state index in [1.165, 1.54) is 0 Å². The summed E-state index contributed by atoms with van der Waals surface area (Å²) in [6, 6.07) is 33.1. The highest BCUT2D eigenvalue weighted by Gasteiger charge is 2.16. The third kappa shape index (κ3) is 11.1. The van der Waals surface area contributed by atoms with Crippen LogP contribution >= 0.6 is 0 Å². The molecule has 7 aromatic rings. The number of carboxylic acid groups (broad SMARTS) is 3. The number of aromatic nitrogens is 6. The van der Waals surface area contributed by atoms with Crippen molar-refractivity contribution in [2.75, 3.05) is 0 Å². The first-order valence-corrected chi connectivity index (χ1v) is 16.9. The summed E-state index contributed by atoms with van der Waals surface area (Å²) in [5.41, 5.74) is 5.82. The van der Waals surface area contributed by atoms with Crippen molar-refractivity contribution in [2.45, 2.75) is 19.6 Å². The van der Waals surface area contributed by atoms with E-state index in [4.69, 9.17) is 15.0 Å². The molecule has 3 N–H and O–H groups in total. The van der Waals surface area contributed by atoms with E-state index in [1.54, 1.807) is 55.0 Å². The van der Waals surface area contributed by atoms with E-state index >= 15 is 0 Å². The van der Waals surface area contributed by atoms with Gasteiger partial charge in [0.2, 0.25) is 0 Å². The fourth-order valence-electron chi connectivity index (χ4n) is 5.91. The Morgan fingerprint density at radius 2 is 0.649 bits per heavy atom. The molecule has 3 aromatic carbocycles. The van der Waals surface area contributed by atoms with E-state index in [2.05, 4.69) is 0 Å². The number of carboxylic acids is 3. The molecule has 7 rings (SSSR count). The lowest BCUT2D eigenvalue weighted by Crippen LogP contribution is -3.00. The zero-order valence-electron chi connectivity index (χ0n) is 29.9. The van der Waals surface area contributed by atoms with E-state index in [1.807, 2.05) is 105 Å². The summed E-state index contributed by atoms with van der Waals surface area (Å²) >= 11 is 0. The van der Waals surface area contributed by atoms with Crippen molar-refractivity contribution in [2.24, 2.45) is 0 Å². The number of hydrogen-bond acceptors (Lipinski definition) is 6. The van der Waals surface area contributed by atoms with E-state index < -0.39 is 17.9 Å². The van der Waals surface area contributed by atoms with Gasteiger partial charge in [-0.05, 0) is 18.2 Å². The maximum Gasteiger partial charge on any atom is 0.341 e. The smallest absolute Gasteiger partial charge is 0.341 e. The molecule has 0 saturated heterocycles. The standard InChI is InChI=1S/C42H30N6O6.3BrH/c49-40(50)34-4-1-19-46(25-34)22-28-7-13-31(14-8-28)37-43-38(32-15-9-29(10-16-32)23-47-20-2-5-35(26-47)41(51)52)45-39(44-37)33-17-11-30(12-18-33)24-48-21-3-6-36(27-48)42(53)54;;;/h1-21,25-27H,22-24H2;3*1H. The number of pyridine rings is 3. The van der Waals surface area contributed by atoms with Crippen LogP contribution in [-0.4, -0.2) is 48.2 Å². The quantitative estimate of drug-likeness (QED) is 0.104. The number of benzene rings is 3. The number of nitrogens with zero attached hydrogens (tertiary/aromatic N) is 6. The molecule has 0 bridgehead atoms. The Kier molecular flexibility index (Phi) is 15.1. The Labute approximate surface area is 358 Å². The molecule has 0 fully saturated rings. The number of aromatic carboxylic acids is 3. The predicted octanol–water partition coefficient (Wildman–Crippen LogP) is -4.01. The van der Waals surface area contributed by atoms with Crippen molar-refractivity contribution in [3.8, 4) is 34.2 Å². The first-order chi connectivity index (χ1) is 26.2. The third-order valence-electron chi connectivity index (χ3n) is 8.68. The largest absolute Gasteiger partial charge is 1.00 e. The summed E-state index contributed by atoms with van der Waals surface area (Å²) in [6.07, 6.45) is 10.2. The van der Waals surface area contributed by atoms with Crippen LogP contribution in [0.1, 0.15) is 47.8 Å². The molecule has 0 aliphatic heterocycles. The van der Waals surface area contributed by atoms with E-state index in [9.17, 15) is 29.7 Å². The molecule has 15 heteroatoms. The first-order valence-electron chi connectivity index (χ1n) is 16.9. The number of halogens is 3. The predicted molar refractivity (Wildman–Crippen MR) is 194 cm³/mol. The summed E-state index contributed by atoms with van der Waals surface area (Å²) in [7, 11) is 0. The lowest BCUT2D eigenvalue weighted by molar-refractivity contribution is -0.688. The number of rotatable bonds is 12. The minimum atomic E-state index is -0.987. The van der Waals surface area contributed by atoms with Crippen LogP contribution in [0.4, 0.5) is 0 Å². The van der Waals surface area contributed by atoms with Crippen LogP contribution in [0.15, 0.2) is 146 Å². The van der Waals surface area contributed by atoms with Crippen LogP contribution in [-0.2, 0) is 19.6 Å². The molecule has 4 aromatic heterocycles. The van der Waals surface area contributed by atoms with Crippen LogP contribution in [0.25, 0.3) is 34.2 Å². The van der Waals surface area contributed by atoms with Gasteiger partial charge in [0.1, 0.15) is 16.7 Å². The molecular weight excluding hydrogens is 924 g/mol. The molecule has 4 heterocycles. The van der Waals surface area contributed by atoms with Gasteiger partial charge in [-0.3, -0.25) is 0 Å². The summed E-state index contributed by atoms with van der Waals surface area (Å²) in [6.45, 7) is 1.43. The Balaban J connectivity index is 0.00000240. The van der Waals surface area contributed by atoms with Crippen molar-refractivity contribution in [1.29, 1.82) is 0 Å². The SMILES string of the molecule is O=C(O)c1ccc[n+](Cc2ccc(-c3nc(-c4ccc(C[n+]5cccc(C(=O)O)c5)cc4)nc(-c4ccc(C[n+]5cccc(C(=O)O)c5)cc4)n3)cc2)c1.[Br-].[Br-].[Br-]. The minimum absolute atomic E-state index is 0. The Hall–Kier alpha value is -6.03. The topological polar surface area (TPSA) is 162 Å². The molecule has 0 atom stereocenters. The maximum absolute atomic E-state index is 11.4. The molecule has 288 valence electrons. The average Bonchev–Trinajstić information content (AvgIpc) is 3.19. The Morgan fingerprint density at radius 1 is 0.404 bits per heavy atom. The minimum Gasteiger partial charge on any atom is -1.00 e. The summed E-state index contributed by atoms with van der Waals surface area (Å²) in [5, 5.41) is 28.1. The molecule has 0 aliphatic carbocycles. The first kappa shape index (κ1) is 43.7. The van der Waals surface area contributed by atoms with Crippen molar-refractivity contribution >= 4 is 17.9 Å². The summed E-state index contributed by atoms with van der Waals surface area (Å²) in [5.74, 6) is -1.55. The fraction of sp³-hybridized carbons (Fsp3) is 0.0714. The Morgan fingerprint density at radius 3 is 0.877 bits per heavy atom. The van der Waals surface area contributed by atoms with Crippen LogP contribution in [0.5, 0.6) is 0 Å². The monoisotopic (exact) mass is 954 g/mol. The maximum atomic E-state index is 11.4. The third-order valence-corrected chi connectivity index (χ3v) is 8.68. The van der Waals surface area contributed by atoms with Gasteiger partial charge in [-0.25, -0.2) is 29.3 Å². The van der Waals surface area contributed by atoms with Gasteiger partial charge in [-0.1, -0.05) is 72.8 Å². The zero-order valence-corrected chi connectivity index (χ0v) is 34.6. The second-order valence-corrected chi connectivity index (χ2v) is 12.6. The van der Waals surface area contributed by atoms with Crippen molar-refractivity contribution in [1.82, 2.24) is 15.0 Å². The fourth-order valence-corrected chi connectivity index (χ4v) is 5.91. The average molecular weight is 957 g/mol. The van der Waals surface area contributed by atoms with E-state index in [0.717, 1.165) is 33.4 Å². The summed E-state index contributed by atoms with van der Waals surface area (Å²) in [4.78, 5) is 48.9. The molecule has 0 unspecified atom stereocenters. The van der Waals surface area contributed by atoms with Crippen LogP contribution in [0.3, 0.4) is 0 Å². The second kappa shape index (κ2) is 19.7. The molecule has 0 spiro atoms. The normalized spacial score (nSPS) is 10.3. The zero-order chi connectivity index (χ0) is 37.6. The van der Waals surface area contributed by atoms with Crippen molar-refractivity contribution in [3.63, 3.8) is 0 Å². The lowest BCUT2D eigenvalue weighted by Gasteiger charge is -2.09. The van der Waals surface area contributed by atoms with Crippen molar-refractivity contribution in [3.05, 3.63) is 180 Å². The molecule has 0 saturated carbocycles. The highest BCUT2D eigenvalue weighted by molar-refractivity contribution is 5.87. The molecule has 57 heavy (non-hydrogen) atoms. The van der Waals surface area contributed by atoms with Crippen LogP contribution < -0.4 is 64.6 Å². The highest BCUT2D eigenvalue weighted by Crippen LogP contribution is 2.26. The lowest BCUT2D eigenvalue weighted by atomic mass is 10.1. The van der Waals surface area contributed by atoms with Gasteiger partial charge < -0.3 is 66.3 Å². The molecule has 12 nitrogen and oxygen atoms in total. The molecular formula is C42H33Br3N6O6. The van der Waals surface area contributed by atoms with Gasteiger partial charge in [-0.15, -0.1) is 0 Å². The number of carbonyl (C=O) groups is 3. The van der Waals surface area contributed by atoms with E-state index in [-0.39, 0.29) is 67.6 Å². The van der Waals surface area contributed by atoms with Gasteiger partial charge in [0, 0.05) is 51.6 Å². The van der Waals surface area contributed by atoms with Crippen LogP contribution in [0, 0.1) is 0 Å². The highest BCUT2D eigenvalue weighted by atomic mass is 79.9. The summed E-state index contributed by atoms with van der Waals surface area (Å²) < 4.78 is 5.44. The number of hydrogen-bond donors (Lipinski definition) is 3. The Bertz CT molecular complexity index is 2230. The van der Waals surface area contributed by atoms with Gasteiger partial charge in [-0.2, -0.15) is 13.7 Å². The molecule has 0 radical (unpaired) electrons. The molecule has 0 aliphatic rings. The molecule has 0 amide bonds. The second-order valence-electron chi connectivity index (χ2n) is 12.6. The van der Waals surface area contributed by atoms with Gasteiger partial charge in [0.05, 0.1) is 0 Å². The van der Waals surface area contributed by atoms with E-state index in [0.29, 0.717) is 37.1 Å². The van der Waals surface area contributed by atoms with Crippen LogP contribution in [0.2, 0.25) is 0 Å². The van der Waals surface area contributed by atoms with Crippen molar-refractivity contribution < 1.29 is 94.3 Å².